The highest BCUT2D eigenvalue weighted by molar-refractivity contribution is 7.98. The van der Waals surface area contributed by atoms with E-state index in [-0.39, 0.29) is 5.82 Å². The maximum Gasteiger partial charge on any atom is 0.237 e. The number of halogens is 1. The number of hydrogen-bond donors (Lipinski definition) is 0. The first kappa shape index (κ1) is 15.6. The average molecular weight is 334 g/mol. The molecule has 0 atom stereocenters. The molecule has 0 saturated carbocycles. The van der Waals surface area contributed by atoms with E-state index in [2.05, 4.69) is 39.5 Å². The van der Waals surface area contributed by atoms with Crippen LogP contribution < -0.4 is 0 Å². The number of benzene rings is 1. The van der Waals surface area contributed by atoms with Crippen LogP contribution >= 0.6 is 11.8 Å². The molecule has 7 nitrogen and oxygen atoms in total. The van der Waals surface area contributed by atoms with Gasteiger partial charge in [0.15, 0.2) is 0 Å². The van der Waals surface area contributed by atoms with E-state index in [0.717, 1.165) is 6.54 Å². The zero-order valence-electron chi connectivity index (χ0n) is 12.7. The summed E-state index contributed by atoms with van der Waals surface area (Å²) >= 11 is 1.43. The van der Waals surface area contributed by atoms with E-state index in [1.807, 2.05) is 0 Å². The molecule has 0 unspecified atom stereocenters. The molecule has 0 radical (unpaired) electrons. The quantitative estimate of drug-likeness (QED) is 0.641. The van der Waals surface area contributed by atoms with Crippen LogP contribution in [0.3, 0.4) is 0 Å². The molecule has 3 aromatic rings. The first-order chi connectivity index (χ1) is 11.1. The normalized spacial score (nSPS) is 11.3. The number of thioether (sulfide) groups is 1. The summed E-state index contributed by atoms with van der Waals surface area (Å²) < 4.78 is 19.9. The Kier molecular flexibility index (Phi) is 4.65. The molecule has 0 amide bonds. The van der Waals surface area contributed by atoms with Crippen molar-refractivity contribution in [3.05, 3.63) is 36.0 Å². The second-order valence-electron chi connectivity index (χ2n) is 5.34. The monoisotopic (exact) mass is 334 g/mol. The first-order valence-corrected chi connectivity index (χ1v) is 8.08. The highest BCUT2D eigenvalue weighted by Gasteiger charge is 2.13. The van der Waals surface area contributed by atoms with E-state index >= 15 is 0 Å². The lowest BCUT2D eigenvalue weighted by Gasteiger charge is -2.05. The van der Waals surface area contributed by atoms with Gasteiger partial charge in [-0.1, -0.05) is 30.8 Å². The molecule has 120 valence electrons. The zero-order chi connectivity index (χ0) is 16.2. The predicted octanol–water partition coefficient (Wildman–Crippen LogP) is 2.81. The minimum atomic E-state index is -0.301. The van der Waals surface area contributed by atoms with Crippen LogP contribution in [0.4, 0.5) is 4.39 Å². The van der Waals surface area contributed by atoms with Gasteiger partial charge in [0.25, 0.3) is 0 Å². The number of tetrazole rings is 1. The summed E-state index contributed by atoms with van der Waals surface area (Å²) in [6.45, 7) is 4.95. The van der Waals surface area contributed by atoms with Gasteiger partial charge in [-0.25, -0.2) is 9.07 Å². The molecule has 2 aromatic heterocycles. The molecule has 0 spiro atoms. The van der Waals surface area contributed by atoms with E-state index in [9.17, 15) is 4.39 Å². The van der Waals surface area contributed by atoms with Gasteiger partial charge in [-0.15, -0.1) is 5.10 Å². The molecule has 0 aliphatic carbocycles. The van der Waals surface area contributed by atoms with Gasteiger partial charge in [0.1, 0.15) is 5.82 Å². The largest absolute Gasteiger partial charge is 0.338 e. The van der Waals surface area contributed by atoms with Crippen molar-refractivity contribution < 1.29 is 8.91 Å². The van der Waals surface area contributed by atoms with Gasteiger partial charge < -0.3 is 4.52 Å². The molecule has 0 bridgehead atoms. The molecular weight excluding hydrogens is 319 g/mol. The van der Waals surface area contributed by atoms with Crippen molar-refractivity contribution >= 4 is 11.8 Å². The zero-order valence-corrected chi connectivity index (χ0v) is 13.5. The van der Waals surface area contributed by atoms with Crippen LogP contribution in [0.1, 0.15) is 19.7 Å². The van der Waals surface area contributed by atoms with Crippen molar-refractivity contribution in [1.82, 2.24) is 30.3 Å². The average Bonchev–Trinajstić information content (AvgIpc) is 3.15. The summed E-state index contributed by atoms with van der Waals surface area (Å²) in [5.74, 6) is 1.51. The van der Waals surface area contributed by atoms with Crippen LogP contribution in [-0.4, -0.2) is 30.3 Å². The van der Waals surface area contributed by atoms with Gasteiger partial charge in [-0.2, -0.15) is 4.98 Å². The maximum absolute atomic E-state index is 12.9. The predicted molar refractivity (Wildman–Crippen MR) is 81.9 cm³/mol. The van der Waals surface area contributed by atoms with E-state index < -0.39 is 0 Å². The van der Waals surface area contributed by atoms with Crippen LogP contribution in [0.5, 0.6) is 0 Å². The third-order valence-electron chi connectivity index (χ3n) is 2.93. The van der Waals surface area contributed by atoms with Gasteiger partial charge in [0, 0.05) is 12.1 Å². The molecule has 3 rings (SSSR count). The minimum Gasteiger partial charge on any atom is -0.338 e. The summed E-state index contributed by atoms with van der Waals surface area (Å²) in [6, 6.07) is 5.95. The van der Waals surface area contributed by atoms with E-state index in [4.69, 9.17) is 4.52 Å². The SMILES string of the molecule is CC(C)Cn1nnnc1SCc1nc(-c2ccc(F)cc2)no1. The van der Waals surface area contributed by atoms with Crippen LogP contribution in [-0.2, 0) is 12.3 Å². The Morgan fingerprint density at radius 2 is 2.04 bits per heavy atom. The Bertz CT molecular complexity index is 770. The summed E-state index contributed by atoms with van der Waals surface area (Å²) in [5.41, 5.74) is 0.705. The number of nitrogens with zero attached hydrogens (tertiary/aromatic N) is 6. The van der Waals surface area contributed by atoms with Crippen LogP contribution in [0.15, 0.2) is 33.9 Å². The highest BCUT2D eigenvalue weighted by atomic mass is 32.2. The second kappa shape index (κ2) is 6.86. The fraction of sp³-hybridized carbons (Fsp3) is 0.357. The Morgan fingerprint density at radius 1 is 1.26 bits per heavy atom. The Hall–Kier alpha value is -2.29. The first-order valence-electron chi connectivity index (χ1n) is 7.09. The molecule has 0 fully saturated rings. The Labute approximate surface area is 136 Å². The molecule has 0 aliphatic rings. The van der Waals surface area contributed by atoms with Crippen LogP contribution in [0.2, 0.25) is 0 Å². The molecule has 9 heteroatoms. The molecule has 0 N–H and O–H groups in total. The molecule has 1 aromatic carbocycles. The third kappa shape index (κ3) is 3.92. The van der Waals surface area contributed by atoms with Gasteiger partial charge in [0.2, 0.25) is 16.9 Å². The maximum atomic E-state index is 12.9. The van der Waals surface area contributed by atoms with Crippen LogP contribution in [0, 0.1) is 11.7 Å². The number of aromatic nitrogens is 6. The van der Waals surface area contributed by atoms with Crippen molar-refractivity contribution in [2.45, 2.75) is 31.3 Å². The van der Waals surface area contributed by atoms with Gasteiger partial charge in [-0.05, 0) is 40.6 Å². The Balaban J connectivity index is 1.66. The second-order valence-corrected chi connectivity index (χ2v) is 6.29. The van der Waals surface area contributed by atoms with E-state index in [1.165, 1.54) is 23.9 Å². The van der Waals surface area contributed by atoms with Gasteiger partial charge in [0.05, 0.1) is 5.75 Å². The van der Waals surface area contributed by atoms with Crippen molar-refractivity contribution in [1.29, 1.82) is 0 Å². The lowest BCUT2D eigenvalue weighted by molar-refractivity contribution is 0.391. The van der Waals surface area contributed by atoms with Crippen molar-refractivity contribution in [2.75, 3.05) is 0 Å². The summed E-state index contributed by atoms with van der Waals surface area (Å²) in [5, 5.41) is 16.3. The van der Waals surface area contributed by atoms with E-state index in [0.29, 0.717) is 34.1 Å². The standard InChI is InChI=1S/C14H15FN6OS/c1-9(2)7-21-14(17-19-20-21)23-8-12-16-13(18-22-12)10-3-5-11(15)6-4-10/h3-6,9H,7-8H2,1-2H3. The lowest BCUT2D eigenvalue weighted by Crippen LogP contribution is -2.07. The minimum absolute atomic E-state index is 0.301. The summed E-state index contributed by atoms with van der Waals surface area (Å²) in [7, 11) is 0. The fourth-order valence-electron chi connectivity index (χ4n) is 1.92. The third-order valence-corrected chi connectivity index (χ3v) is 3.87. The molecule has 2 heterocycles. The van der Waals surface area contributed by atoms with E-state index in [1.54, 1.807) is 16.8 Å². The summed E-state index contributed by atoms with van der Waals surface area (Å²) in [6.07, 6.45) is 0. The molecule has 23 heavy (non-hydrogen) atoms. The van der Waals surface area contributed by atoms with Crippen molar-refractivity contribution in [3.63, 3.8) is 0 Å². The number of hydrogen-bond acceptors (Lipinski definition) is 7. The van der Waals surface area contributed by atoms with Gasteiger partial charge in [-0.3, -0.25) is 0 Å². The fourth-order valence-corrected chi connectivity index (χ4v) is 2.64. The molecule has 0 saturated heterocycles. The van der Waals surface area contributed by atoms with Crippen molar-refractivity contribution in [3.8, 4) is 11.4 Å². The van der Waals surface area contributed by atoms with Crippen molar-refractivity contribution in [2.24, 2.45) is 5.92 Å². The smallest absolute Gasteiger partial charge is 0.237 e. The van der Waals surface area contributed by atoms with Gasteiger partial charge >= 0.3 is 0 Å². The highest BCUT2D eigenvalue weighted by Crippen LogP contribution is 2.22. The molecular formula is C14H15FN6OS. The molecule has 0 aliphatic heterocycles. The Morgan fingerprint density at radius 3 is 2.78 bits per heavy atom. The van der Waals surface area contributed by atoms with Crippen LogP contribution in [0.25, 0.3) is 11.4 Å². The lowest BCUT2D eigenvalue weighted by atomic mass is 10.2. The summed E-state index contributed by atoms with van der Waals surface area (Å²) in [4.78, 5) is 4.30. The number of rotatable bonds is 6. The topological polar surface area (TPSA) is 82.5 Å².